The molecule has 1 heterocycles. The highest BCUT2D eigenvalue weighted by Gasteiger charge is 2.22. The minimum absolute atomic E-state index is 0.196. The number of rotatable bonds is 4. The number of hydrogen-bond acceptors (Lipinski definition) is 3. The van der Waals surface area contributed by atoms with Crippen molar-refractivity contribution in [2.24, 2.45) is 16.6 Å². The maximum Gasteiger partial charge on any atom is 0.191 e. The summed E-state index contributed by atoms with van der Waals surface area (Å²) in [5.41, 5.74) is 7.27. The highest BCUT2D eigenvalue weighted by molar-refractivity contribution is 5.78. The van der Waals surface area contributed by atoms with Crippen LogP contribution in [0.2, 0.25) is 0 Å². The Bertz CT molecular complexity index is 561. The van der Waals surface area contributed by atoms with Crippen LogP contribution in [-0.2, 0) is 4.74 Å². The summed E-state index contributed by atoms with van der Waals surface area (Å²) >= 11 is 0. The number of hydrogen-bond donors (Lipinski definition) is 1. The van der Waals surface area contributed by atoms with Gasteiger partial charge in [0.2, 0.25) is 0 Å². The SMILES string of the molecule is COC1CCC(CN=C(N)N2CCN(c3ccc(F)cc3)CC2)CC1. The lowest BCUT2D eigenvalue weighted by molar-refractivity contribution is 0.0580. The van der Waals surface area contributed by atoms with Crippen LogP contribution in [-0.4, -0.2) is 56.8 Å². The molecule has 0 unspecified atom stereocenters. The number of nitrogens with zero attached hydrogens (tertiary/aromatic N) is 3. The van der Waals surface area contributed by atoms with Gasteiger partial charge in [0.05, 0.1) is 6.10 Å². The van der Waals surface area contributed by atoms with Gasteiger partial charge >= 0.3 is 0 Å². The number of methoxy groups -OCH3 is 1. The van der Waals surface area contributed by atoms with Gasteiger partial charge in [0.15, 0.2) is 5.96 Å². The van der Waals surface area contributed by atoms with Gasteiger partial charge in [-0.25, -0.2) is 4.39 Å². The van der Waals surface area contributed by atoms with Crippen molar-refractivity contribution >= 4 is 11.6 Å². The Hall–Kier alpha value is -1.82. The van der Waals surface area contributed by atoms with E-state index in [1.54, 1.807) is 7.11 Å². The van der Waals surface area contributed by atoms with E-state index in [9.17, 15) is 4.39 Å². The molecular formula is C19H29FN4O. The second kappa shape index (κ2) is 8.52. The minimum atomic E-state index is -0.196. The smallest absolute Gasteiger partial charge is 0.191 e. The van der Waals surface area contributed by atoms with Crippen molar-refractivity contribution in [2.75, 3.05) is 44.7 Å². The number of anilines is 1. The van der Waals surface area contributed by atoms with Crippen LogP contribution in [0.25, 0.3) is 0 Å². The molecule has 6 heteroatoms. The highest BCUT2D eigenvalue weighted by Crippen LogP contribution is 2.26. The summed E-state index contributed by atoms with van der Waals surface area (Å²) in [4.78, 5) is 9.06. The molecule has 0 radical (unpaired) electrons. The van der Waals surface area contributed by atoms with Crippen molar-refractivity contribution in [2.45, 2.75) is 31.8 Å². The van der Waals surface area contributed by atoms with Gasteiger partial charge in [-0.1, -0.05) is 0 Å². The molecule has 1 aromatic rings. The molecule has 1 saturated heterocycles. The van der Waals surface area contributed by atoms with Gasteiger partial charge in [0.1, 0.15) is 5.82 Å². The van der Waals surface area contributed by atoms with Gasteiger partial charge in [-0.05, 0) is 55.9 Å². The van der Waals surface area contributed by atoms with Crippen molar-refractivity contribution in [3.05, 3.63) is 30.1 Å². The number of halogens is 1. The van der Waals surface area contributed by atoms with Crippen molar-refractivity contribution in [3.8, 4) is 0 Å². The van der Waals surface area contributed by atoms with Gasteiger partial charge in [0.25, 0.3) is 0 Å². The van der Waals surface area contributed by atoms with Crippen molar-refractivity contribution in [3.63, 3.8) is 0 Å². The Balaban J connectivity index is 1.45. The lowest BCUT2D eigenvalue weighted by atomic mass is 9.87. The van der Waals surface area contributed by atoms with Crippen LogP contribution in [0.15, 0.2) is 29.3 Å². The summed E-state index contributed by atoms with van der Waals surface area (Å²) < 4.78 is 18.5. The lowest BCUT2D eigenvalue weighted by Crippen LogP contribution is -2.51. The summed E-state index contributed by atoms with van der Waals surface area (Å²) in [6.45, 7) is 4.27. The van der Waals surface area contributed by atoms with E-state index in [1.165, 1.54) is 25.0 Å². The molecule has 0 amide bonds. The maximum atomic E-state index is 13.0. The second-order valence-corrected chi connectivity index (χ2v) is 7.03. The van der Waals surface area contributed by atoms with E-state index in [1.807, 2.05) is 12.1 Å². The molecule has 2 aliphatic rings. The van der Waals surface area contributed by atoms with Crippen LogP contribution in [0.3, 0.4) is 0 Å². The van der Waals surface area contributed by atoms with E-state index in [-0.39, 0.29) is 5.82 Å². The largest absolute Gasteiger partial charge is 0.381 e. The molecule has 5 nitrogen and oxygen atoms in total. The van der Waals surface area contributed by atoms with Crippen molar-refractivity contribution in [1.82, 2.24) is 4.90 Å². The Morgan fingerprint density at radius 2 is 1.76 bits per heavy atom. The molecular weight excluding hydrogens is 319 g/mol. The van der Waals surface area contributed by atoms with E-state index in [0.717, 1.165) is 51.3 Å². The van der Waals surface area contributed by atoms with E-state index in [2.05, 4.69) is 14.8 Å². The average Bonchev–Trinajstić information content (AvgIpc) is 2.67. The van der Waals surface area contributed by atoms with Crippen LogP contribution in [0, 0.1) is 11.7 Å². The molecule has 2 N–H and O–H groups in total. The highest BCUT2D eigenvalue weighted by atomic mass is 19.1. The molecule has 1 aromatic carbocycles. The molecule has 1 aliphatic carbocycles. The molecule has 0 aromatic heterocycles. The van der Waals surface area contributed by atoms with Crippen LogP contribution in [0.4, 0.5) is 10.1 Å². The summed E-state index contributed by atoms with van der Waals surface area (Å²) in [6.07, 6.45) is 5.04. The maximum absolute atomic E-state index is 13.0. The average molecular weight is 348 g/mol. The van der Waals surface area contributed by atoms with E-state index < -0.39 is 0 Å². The first kappa shape index (κ1) is 18.0. The van der Waals surface area contributed by atoms with Gasteiger partial charge in [-0.15, -0.1) is 0 Å². The Labute approximate surface area is 149 Å². The molecule has 2 fully saturated rings. The fraction of sp³-hybridized carbons (Fsp3) is 0.632. The number of piperazine rings is 1. The Morgan fingerprint density at radius 1 is 1.12 bits per heavy atom. The predicted octanol–water partition coefficient (Wildman–Crippen LogP) is 2.47. The third kappa shape index (κ3) is 4.84. The first-order valence-corrected chi connectivity index (χ1v) is 9.24. The van der Waals surface area contributed by atoms with Crippen LogP contribution < -0.4 is 10.6 Å². The van der Waals surface area contributed by atoms with Crippen molar-refractivity contribution in [1.29, 1.82) is 0 Å². The number of benzene rings is 1. The summed E-state index contributed by atoms with van der Waals surface area (Å²) in [6, 6.07) is 6.68. The molecule has 0 atom stereocenters. The summed E-state index contributed by atoms with van der Waals surface area (Å²) in [5, 5.41) is 0. The Kier molecular flexibility index (Phi) is 6.13. The third-order valence-corrected chi connectivity index (χ3v) is 5.43. The zero-order valence-corrected chi connectivity index (χ0v) is 15.0. The first-order valence-electron chi connectivity index (χ1n) is 9.24. The molecule has 1 aliphatic heterocycles. The van der Waals surface area contributed by atoms with E-state index in [4.69, 9.17) is 10.5 Å². The molecule has 1 saturated carbocycles. The summed E-state index contributed by atoms with van der Waals surface area (Å²) in [7, 11) is 1.80. The predicted molar refractivity (Wildman–Crippen MR) is 99.4 cm³/mol. The van der Waals surface area contributed by atoms with Gasteiger partial charge in [-0.2, -0.15) is 0 Å². The van der Waals surface area contributed by atoms with Gasteiger partial charge < -0.3 is 20.3 Å². The number of ether oxygens (including phenoxy) is 1. The zero-order valence-electron chi connectivity index (χ0n) is 15.0. The zero-order chi connectivity index (χ0) is 17.6. The van der Waals surface area contributed by atoms with Crippen LogP contribution in [0.5, 0.6) is 0 Å². The Morgan fingerprint density at radius 3 is 2.36 bits per heavy atom. The van der Waals surface area contributed by atoms with Crippen molar-refractivity contribution < 1.29 is 9.13 Å². The first-order chi connectivity index (χ1) is 12.2. The standard InChI is InChI=1S/C19H29FN4O/c1-25-18-8-2-15(3-9-18)14-22-19(21)24-12-10-23(11-13-24)17-6-4-16(20)5-7-17/h4-7,15,18H,2-3,8-14H2,1H3,(H2,21,22). The van der Waals surface area contributed by atoms with Gasteiger partial charge in [0, 0.05) is 45.5 Å². The quantitative estimate of drug-likeness (QED) is 0.671. The molecule has 0 bridgehead atoms. The van der Waals surface area contributed by atoms with Crippen LogP contribution >= 0.6 is 0 Å². The monoisotopic (exact) mass is 348 g/mol. The molecule has 3 rings (SSSR count). The van der Waals surface area contributed by atoms with E-state index in [0.29, 0.717) is 18.0 Å². The van der Waals surface area contributed by atoms with Crippen LogP contribution in [0.1, 0.15) is 25.7 Å². The normalized spacial score (nSPS) is 25.3. The second-order valence-electron chi connectivity index (χ2n) is 7.03. The molecule has 25 heavy (non-hydrogen) atoms. The lowest BCUT2D eigenvalue weighted by Gasteiger charge is -2.36. The van der Waals surface area contributed by atoms with E-state index >= 15 is 0 Å². The van der Waals surface area contributed by atoms with Gasteiger partial charge in [-0.3, -0.25) is 4.99 Å². The minimum Gasteiger partial charge on any atom is -0.381 e. The molecule has 138 valence electrons. The fourth-order valence-corrected chi connectivity index (χ4v) is 3.72. The number of guanidine groups is 1. The summed E-state index contributed by atoms with van der Waals surface area (Å²) in [5.74, 6) is 1.09. The fourth-order valence-electron chi connectivity index (χ4n) is 3.72. The third-order valence-electron chi connectivity index (χ3n) is 5.43. The number of aliphatic imine (C=N–C) groups is 1. The topological polar surface area (TPSA) is 54.1 Å². The molecule has 0 spiro atoms. The number of nitrogens with two attached hydrogens (primary N) is 1.